The van der Waals surface area contributed by atoms with Gasteiger partial charge < -0.3 is 14.6 Å². The fourth-order valence-corrected chi connectivity index (χ4v) is 3.51. The SMILES string of the molecule is CC(=O)OC1CCC(C)(C)C2=CC=C(CC(C)O)O[C@]21C. The first-order valence-electron chi connectivity index (χ1n) is 7.61. The van der Waals surface area contributed by atoms with Crippen LogP contribution in [0.1, 0.15) is 53.9 Å². The molecule has 4 heteroatoms. The summed E-state index contributed by atoms with van der Waals surface area (Å²) in [6.45, 7) is 9.54. The van der Waals surface area contributed by atoms with Gasteiger partial charge >= 0.3 is 5.97 Å². The second kappa shape index (κ2) is 5.48. The maximum absolute atomic E-state index is 11.4. The smallest absolute Gasteiger partial charge is 0.303 e. The molecule has 1 fully saturated rings. The first kappa shape index (κ1) is 16.1. The fraction of sp³-hybridized carbons (Fsp3) is 0.706. The van der Waals surface area contributed by atoms with Crippen LogP contribution in [0, 0.1) is 5.41 Å². The summed E-state index contributed by atoms with van der Waals surface area (Å²) in [5.74, 6) is 0.460. The largest absolute Gasteiger partial charge is 0.484 e. The molecule has 4 nitrogen and oxygen atoms in total. The van der Waals surface area contributed by atoms with E-state index in [0.717, 1.165) is 24.2 Å². The summed E-state index contributed by atoms with van der Waals surface area (Å²) in [4.78, 5) is 11.4. The number of aliphatic hydroxyl groups is 1. The van der Waals surface area contributed by atoms with Crippen molar-refractivity contribution in [3.8, 4) is 0 Å². The Morgan fingerprint density at radius 3 is 2.71 bits per heavy atom. The predicted octanol–water partition coefficient (Wildman–Crippen LogP) is 3.11. The molecule has 0 bridgehead atoms. The minimum atomic E-state index is -0.646. The summed E-state index contributed by atoms with van der Waals surface area (Å²) in [7, 11) is 0. The van der Waals surface area contributed by atoms with Crippen molar-refractivity contribution in [1.29, 1.82) is 0 Å². The van der Waals surface area contributed by atoms with Gasteiger partial charge in [-0.1, -0.05) is 19.9 Å². The molecule has 2 rings (SSSR count). The Morgan fingerprint density at radius 2 is 2.14 bits per heavy atom. The van der Waals surface area contributed by atoms with Crippen molar-refractivity contribution in [3.63, 3.8) is 0 Å². The van der Waals surface area contributed by atoms with Crippen molar-refractivity contribution in [2.45, 2.75) is 71.7 Å². The molecule has 0 amide bonds. The molecule has 1 N–H and O–H groups in total. The minimum Gasteiger partial charge on any atom is -0.484 e. The van der Waals surface area contributed by atoms with E-state index in [1.807, 2.05) is 13.0 Å². The molecule has 21 heavy (non-hydrogen) atoms. The van der Waals surface area contributed by atoms with Crippen molar-refractivity contribution in [3.05, 3.63) is 23.5 Å². The summed E-state index contributed by atoms with van der Waals surface area (Å²) >= 11 is 0. The number of carbonyl (C=O) groups is 1. The van der Waals surface area contributed by atoms with Crippen LogP contribution in [0.3, 0.4) is 0 Å². The Labute approximate surface area is 126 Å². The molecule has 0 radical (unpaired) electrons. The summed E-state index contributed by atoms with van der Waals surface area (Å²) < 4.78 is 11.7. The van der Waals surface area contributed by atoms with Crippen molar-refractivity contribution in [2.75, 3.05) is 0 Å². The number of hydrogen-bond donors (Lipinski definition) is 1. The van der Waals surface area contributed by atoms with Crippen LogP contribution in [-0.4, -0.2) is 28.9 Å². The Kier molecular flexibility index (Phi) is 4.20. The van der Waals surface area contributed by atoms with E-state index in [0.29, 0.717) is 6.42 Å². The molecule has 2 unspecified atom stereocenters. The minimum absolute atomic E-state index is 0.0122. The molecule has 1 saturated carbocycles. The van der Waals surface area contributed by atoms with Gasteiger partial charge in [0, 0.05) is 13.3 Å². The van der Waals surface area contributed by atoms with Crippen LogP contribution < -0.4 is 0 Å². The van der Waals surface area contributed by atoms with Crippen LogP contribution in [0.25, 0.3) is 0 Å². The van der Waals surface area contributed by atoms with Crippen LogP contribution in [0.4, 0.5) is 0 Å². The number of rotatable bonds is 3. The second-order valence-electron chi connectivity index (χ2n) is 7.00. The zero-order chi connectivity index (χ0) is 15.8. The predicted molar refractivity (Wildman–Crippen MR) is 80.5 cm³/mol. The van der Waals surface area contributed by atoms with E-state index in [9.17, 15) is 9.90 Å². The van der Waals surface area contributed by atoms with Gasteiger partial charge in [-0.2, -0.15) is 0 Å². The average molecular weight is 294 g/mol. The molecule has 0 aromatic heterocycles. The third kappa shape index (κ3) is 3.15. The molecule has 0 aromatic rings. The van der Waals surface area contributed by atoms with Gasteiger partial charge in [0.1, 0.15) is 11.9 Å². The van der Waals surface area contributed by atoms with Gasteiger partial charge in [-0.3, -0.25) is 4.79 Å². The highest BCUT2D eigenvalue weighted by Gasteiger charge is 2.52. The summed E-state index contributed by atoms with van der Waals surface area (Å²) in [5.41, 5.74) is 0.520. The van der Waals surface area contributed by atoms with Crippen molar-refractivity contribution >= 4 is 5.97 Å². The van der Waals surface area contributed by atoms with Crippen LogP contribution >= 0.6 is 0 Å². The average Bonchev–Trinajstić information content (AvgIpc) is 2.31. The third-order valence-corrected chi connectivity index (χ3v) is 4.49. The molecule has 2 aliphatic rings. The van der Waals surface area contributed by atoms with E-state index < -0.39 is 11.7 Å². The normalized spacial score (nSPS) is 32.2. The van der Waals surface area contributed by atoms with E-state index in [4.69, 9.17) is 9.47 Å². The lowest BCUT2D eigenvalue weighted by Crippen LogP contribution is -2.54. The second-order valence-corrected chi connectivity index (χ2v) is 7.00. The van der Waals surface area contributed by atoms with Gasteiger partial charge in [0.15, 0.2) is 5.60 Å². The Morgan fingerprint density at radius 1 is 1.48 bits per heavy atom. The summed E-state index contributed by atoms with van der Waals surface area (Å²) in [5, 5.41) is 9.57. The van der Waals surface area contributed by atoms with Crippen molar-refractivity contribution < 1.29 is 19.4 Å². The van der Waals surface area contributed by atoms with Crippen LogP contribution in [0.2, 0.25) is 0 Å². The summed E-state index contributed by atoms with van der Waals surface area (Å²) in [6.07, 6.45) is 5.47. The first-order chi connectivity index (χ1) is 9.65. The highest BCUT2D eigenvalue weighted by Crippen LogP contribution is 2.51. The van der Waals surface area contributed by atoms with E-state index >= 15 is 0 Å². The number of aliphatic hydroxyl groups excluding tert-OH is 1. The number of carbonyl (C=O) groups excluding carboxylic acids is 1. The zero-order valence-corrected chi connectivity index (χ0v) is 13.6. The number of fused-ring (bicyclic) bond motifs is 1. The van der Waals surface area contributed by atoms with Gasteiger partial charge in [-0.15, -0.1) is 0 Å². The number of allylic oxidation sites excluding steroid dienone is 2. The Balaban J connectivity index is 2.35. The van der Waals surface area contributed by atoms with E-state index in [2.05, 4.69) is 19.9 Å². The molecular formula is C17H26O4. The molecule has 0 saturated heterocycles. The number of ether oxygens (including phenoxy) is 2. The zero-order valence-electron chi connectivity index (χ0n) is 13.6. The Hall–Kier alpha value is -1.29. The summed E-state index contributed by atoms with van der Waals surface area (Å²) in [6, 6.07) is 0. The van der Waals surface area contributed by atoms with Gasteiger partial charge in [0.2, 0.25) is 0 Å². The molecule has 1 aliphatic heterocycles. The molecule has 118 valence electrons. The highest BCUT2D eigenvalue weighted by molar-refractivity contribution is 5.66. The molecule has 3 atom stereocenters. The van der Waals surface area contributed by atoms with Crippen LogP contribution in [0.5, 0.6) is 0 Å². The van der Waals surface area contributed by atoms with E-state index in [1.165, 1.54) is 6.92 Å². The fourth-order valence-electron chi connectivity index (χ4n) is 3.51. The first-order valence-corrected chi connectivity index (χ1v) is 7.61. The lowest BCUT2D eigenvalue weighted by atomic mass is 9.64. The molecule has 0 aromatic carbocycles. The van der Waals surface area contributed by atoms with Gasteiger partial charge in [0.05, 0.1) is 6.10 Å². The molecule has 1 heterocycles. The van der Waals surface area contributed by atoms with E-state index in [-0.39, 0.29) is 17.5 Å². The number of hydrogen-bond acceptors (Lipinski definition) is 4. The van der Waals surface area contributed by atoms with Gasteiger partial charge in [-0.05, 0) is 43.8 Å². The standard InChI is InChI=1S/C17H26O4/c1-11(18)10-13-6-7-14-16(3,4)9-8-15(20-12(2)19)17(14,5)21-13/h6-7,11,15,18H,8-10H2,1-5H3/t11?,15?,17-/m1/s1. The van der Waals surface area contributed by atoms with Crippen molar-refractivity contribution in [2.24, 2.45) is 5.41 Å². The van der Waals surface area contributed by atoms with Gasteiger partial charge in [-0.25, -0.2) is 0 Å². The highest BCUT2D eigenvalue weighted by atomic mass is 16.6. The molecule has 0 spiro atoms. The maximum Gasteiger partial charge on any atom is 0.303 e. The lowest BCUT2D eigenvalue weighted by Gasteiger charge is -2.51. The lowest BCUT2D eigenvalue weighted by molar-refractivity contribution is -0.167. The molecule has 1 aliphatic carbocycles. The van der Waals surface area contributed by atoms with Gasteiger partial charge in [0.25, 0.3) is 0 Å². The van der Waals surface area contributed by atoms with Crippen LogP contribution in [0.15, 0.2) is 23.5 Å². The maximum atomic E-state index is 11.4. The van der Waals surface area contributed by atoms with E-state index in [1.54, 1.807) is 6.92 Å². The topological polar surface area (TPSA) is 55.8 Å². The monoisotopic (exact) mass is 294 g/mol. The van der Waals surface area contributed by atoms with Crippen molar-refractivity contribution in [1.82, 2.24) is 0 Å². The molecular weight excluding hydrogens is 268 g/mol. The quantitative estimate of drug-likeness (QED) is 0.813. The third-order valence-electron chi connectivity index (χ3n) is 4.49. The number of esters is 1. The van der Waals surface area contributed by atoms with Crippen LogP contribution in [-0.2, 0) is 14.3 Å². The Bertz CT molecular complexity index is 487.